The van der Waals surface area contributed by atoms with E-state index in [4.69, 9.17) is 0 Å². The maximum absolute atomic E-state index is 14.0. The number of amides is 1. The third-order valence-corrected chi connectivity index (χ3v) is 4.57. The molecule has 0 aliphatic carbocycles. The van der Waals surface area contributed by atoms with Crippen LogP contribution in [0, 0.1) is 21.7 Å². The topological polar surface area (TPSA) is 102 Å². The van der Waals surface area contributed by atoms with Crippen molar-refractivity contribution in [2.75, 3.05) is 23.9 Å². The lowest BCUT2D eigenvalue weighted by Crippen LogP contribution is -2.34. The lowest BCUT2D eigenvalue weighted by atomic mass is 10.1. The number of nitrogens with zero attached hydrogens (tertiary/aromatic N) is 2. The van der Waals surface area contributed by atoms with E-state index in [9.17, 15) is 28.5 Å². The van der Waals surface area contributed by atoms with Gasteiger partial charge in [0.15, 0.2) is 0 Å². The van der Waals surface area contributed by atoms with E-state index in [1.807, 2.05) is 0 Å². The van der Waals surface area contributed by atoms with Crippen molar-refractivity contribution in [3.05, 3.63) is 69.8 Å². The fourth-order valence-corrected chi connectivity index (χ4v) is 3.13. The van der Waals surface area contributed by atoms with Crippen LogP contribution in [-0.2, 0) is 14.3 Å². The summed E-state index contributed by atoms with van der Waals surface area (Å²) in [4.78, 5) is 35.7. The van der Waals surface area contributed by atoms with Gasteiger partial charge in [0.25, 0.3) is 5.69 Å². The summed E-state index contributed by atoms with van der Waals surface area (Å²) in [5, 5.41) is 14.2. The number of para-hydroxylation sites is 1. The highest BCUT2D eigenvalue weighted by molar-refractivity contribution is 6.01. The largest absolute Gasteiger partial charge is 0.466 e. The molecular weight excluding hydrogens is 400 g/mol. The van der Waals surface area contributed by atoms with E-state index < -0.39 is 40.2 Å². The minimum absolute atomic E-state index is 0.0576. The smallest absolute Gasteiger partial charge is 0.330 e. The molecule has 0 saturated carbocycles. The Morgan fingerprint density at radius 3 is 2.63 bits per heavy atom. The van der Waals surface area contributed by atoms with E-state index in [0.717, 1.165) is 23.1 Å². The quantitative estimate of drug-likeness (QED) is 0.335. The Kier molecular flexibility index (Phi) is 6.05. The first-order valence-corrected chi connectivity index (χ1v) is 8.88. The number of hydrogen-bond donors (Lipinski definition) is 1. The predicted octanol–water partition coefficient (Wildman–Crippen LogP) is 3.28. The SMILES string of the molecule is COC(=O)/C=C/c1ccc(NC2CCN(c3c(F)cccc3F)C2=O)c([N+](=O)[O-])c1. The molecule has 8 nitrogen and oxygen atoms in total. The highest BCUT2D eigenvalue weighted by Gasteiger charge is 2.36. The molecule has 0 spiro atoms. The summed E-state index contributed by atoms with van der Waals surface area (Å²) in [5.41, 5.74) is -0.301. The molecule has 0 bridgehead atoms. The maximum atomic E-state index is 14.0. The molecular formula is C20H17F2N3O5. The van der Waals surface area contributed by atoms with E-state index in [2.05, 4.69) is 10.1 Å². The van der Waals surface area contributed by atoms with E-state index in [1.54, 1.807) is 0 Å². The normalized spacial score (nSPS) is 16.2. The monoisotopic (exact) mass is 417 g/mol. The van der Waals surface area contributed by atoms with Gasteiger partial charge in [0.1, 0.15) is 29.1 Å². The molecule has 1 heterocycles. The summed E-state index contributed by atoms with van der Waals surface area (Å²) in [7, 11) is 1.21. The van der Waals surface area contributed by atoms with E-state index in [0.29, 0.717) is 5.56 Å². The first-order valence-electron chi connectivity index (χ1n) is 8.88. The van der Waals surface area contributed by atoms with Crippen LogP contribution < -0.4 is 10.2 Å². The zero-order valence-electron chi connectivity index (χ0n) is 15.8. The van der Waals surface area contributed by atoms with Gasteiger partial charge in [0.2, 0.25) is 5.91 Å². The summed E-state index contributed by atoms with van der Waals surface area (Å²) in [6.07, 6.45) is 2.67. The minimum Gasteiger partial charge on any atom is -0.466 e. The molecule has 3 rings (SSSR count). The summed E-state index contributed by atoms with van der Waals surface area (Å²) in [6.45, 7) is 0.0576. The Balaban J connectivity index is 1.82. The molecule has 2 aromatic carbocycles. The molecule has 1 N–H and O–H groups in total. The Bertz CT molecular complexity index is 1020. The van der Waals surface area contributed by atoms with Crippen molar-refractivity contribution >= 4 is 35.0 Å². The number of rotatable bonds is 6. The number of carbonyl (C=O) groups is 2. The Morgan fingerprint density at radius 1 is 1.30 bits per heavy atom. The number of benzene rings is 2. The van der Waals surface area contributed by atoms with Gasteiger partial charge in [-0.25, -0.2) is 13.6 Å². The van der Waals surface area contributed by atoms with Crippen molar-refractivity contribution in [2.24, 2.45) is 0 Å². The number of hydrogen-bond acceptors (Lipinski definition) is 6. The van der Waals surface area contributed by atoms with Crippen LogP contribution in [0.1, 0.15) is 12.0 Å². The second-order valence-electron chi connectivity index (χ2n) is 6.44. The molecule has 2 aromatic rings. The molecule has 1 saturated heterocycles. The van der Waals surface area contributed by atoms with Gasteiger partial charge >= 0.3 is 5.97 Å². The average molecular weight is 417 g/mol. The lowest BCUT2D eigenvalue weighted by molar-refractivity contribution is -0.384. The molecule has 1 fully saturated rings. The third kappa shape index (κ3) is 4.27. The van der Waals surface area contributed by atoms with Gasteiger partial charge in [-0.2, -0.15) is 0 Å². The first-order chi connectivity index (χ1) is 14.3. The van der Waals surface area contributed by atoms with Gasteiger partial charge in [-0.3, -0.25) is 14.9 Å². The summed E-state index contributed by atoms with van der Waals surface area (Å²) < 4.78 is 32.5. The summed E-state index contributed by atoms with van der Waals surface area (Å²) >= 11 is 0. The number of carbonyl (C=O) groups excluding carboxylic acids is 2. The number of ether oxygens (including phenoxy) is 1. The molecule has 1 aliphatic heterocycles. The zero-order chi connectivity index (χ0) is 21.8. The van der Waals surface area contributed by atoms with Crippen LogP contribution in [0.15, 0.2) is 42.5 Å². The average Bonchev–Trinajstić information content (AvgIpc) is 3.06. The van der Waals surface area contributed by atoms with Crippen LogP contribution in [0.3, 0.4) is 0 Å². The van der Waals surface area contributed by atoms with Gasteiger partial charge in [-0.1, -0.05) is 12.1 Å². The van der Waals surface area contributed by atoms with E-state index >= 15 is 0 Å². The maximum Gasteiger partial charge on any atom is 0.330 e. The number of halogens is 2. The highest BCUT2D eigenvalue weighted by Crippen LogP contribution is 2.31. The number of anilines is 2. The van der Waals surface area contributed by atoms with Gasteiger partial charge in [-0.05, 0) is 36.3 Å². The molecule has 0 radical (unpaired) electrons. The molecule has 30 heavy (non-hydrogen) atoms. The van der Waals surface area contributed by atoms with Crippen molar-refractivity contribution < 1.29 is 28.0 Å². The van der Waals surface area contributed by atoms with Crippen molar-refractivity contribution in [1.82, 2.24) is 0 Å². The lowest BCUT2D eigenvalue weighted by Gasteiger charge is -2.19. The molecule has 0 aromatic heterocycles. The standard InChI is InChI=1S/C20H17F2N3O5/c1-30-18(26)8-6-12-5-7-15(17(11-12)25(28)29)23-16-9-10-24(20(16)27)19-13(21)3-2-4-14(19)22/h2-8,11,16,23H,9-10H2,1H3/b8-6+. The van der Waals surface area contributed by atoms with Crippen LogP contribution >= 0.6 is 0 Å². The molecule has 1 atom stereocenters. The number of nitro groups is 1. The Labute approximate surface area is 169 Å². The first kappa shape index (κ1) is 20.9. The third-order valence-electron chi connectivity index (χ3n) is 4.57. The van der Waals surface area contributed by atoms with Crippen LogP contribution in [0.2, 0.25) is 0 Å². The molecule has 156 valence electrons. The number of methoxy groups -OCH3 is 1. The fraction of sp³-hybridized carbons (Fsp3) is 0.200. The van der Waals surface area contributed by atoms with Crippen LogP contribution in [0.5, 0.6) is 0 Å². The molecule has 1 aliphatic rings. The van der Waals surface area contributed by atoms with E-state index in [1.165, 1.54) is 37.5 Å². The van der Waals surface area contributed by atoms with Gasteiger partial charge in [-0.15, -0.1) is 0 Å². The minimum atomic E-state index is -0.890. The zero-order valence-corrected chi connectivity index (χ0v) is 15.8. The fourth-order valence-electron chi connectivity index (χ4n) is 3.13. The second kappa shape index (κ2) is 8.68. The number of nitro benzene ring substituents is 1. The highest BCUT2D eigenvalue weighted by atomic mass is 19.1. The van der Waals surface area contributed by atoms with Crippen molar-refractivity contribution in [2.45, 2.75) is 12.5 Å². The summed E-state index contributed by atoms with van der Waals surface area (Å²) in [6, 6.07) is 6.56. The molecule has 1 amide bonds. The predicted molar refractivity (Wildman–Crippen MR) is 105 cm³/mol. The Morgan fingerprint density at radius 2 is 2.00 bits per heavy atom. The van der Waals surface area contributed by atoms with Gasteiger partial charge < -0.3 is 15.0 Å². The number of nitrogens with one attached hydrogen (secondary N) is 1. The van der Waals surface area contributed by atoms with Gasteiger partial charge in [0.05, 0.1) is 12.0 Å². The molecule has 10 heteroatoms. The van der Waals surface area contributed by atoms with Crippen LogP contribution in [0.4, 0.5) is 25.8 Å². The van der Waals surface area contributed by atoms with Crippen molar-refractivity contribution in [1.29, 1.82) is 0 Å². The van der Waals surface area contributed by atoms with Gasteiger partial charge in [0, 0.05) is 18.7 Å². The van der Waals surface area contributed by atoms with Crippen molar-refractivity contribution in [3.63, 3.8) is 0 Å². The number of esters is 1. The second-order valence-corrected chi connectivity index (χ2v) is 6.44. The van der Waals surface area contributed by atoms with Crippen LogP contribution in [0.25, 0.3) is 6.08 Å². The summed E-state index contributed by atoms with van der Waals surface area (Å²) in [5.74, 6) is -2.94. The van der Waals surface area contributed by atoms with Crippen molar-refractivity contribution in [3.8, 4) is 0 Å². The van der Waals surface area contributed by atoms with Crippen LogP contribution in [-0.4, -0.2) is 36.5 Å². The molecule has 1 unspecified atom stereocenters. The van der Waals surface area contributed by atoms with E-state index in [-0.39, 0.29) is 24.3 Å². The Hall–Kier alpha value is -3.82.